The van der Waals surface area contributed by atoms with Crippen molar-refractivity contribution >= 4 is 17.2 Å². The molecule has 6 nitrogen and oxygen atoms in total. The molecule has 2 N–H and O–H groups in total. The Labute approximate surface area is 105 Å². The SMILES string of the molecule is CCN(CC)c1ccc2nc(C)c(N)c(=O)n2n1. The van der Waals surface area contributed by atoms with Gasteiger partial charge in [-0.05, 0) is 32.9 Å². The van der Waals surface area contributed by atoms with Crippen LogP contribution in [0, 0.1) is 6.92 Å². The molecule has 0 unspecified atom stereocenters. The first kappa shape index (κ1) is 12.3. The summed E-state index contributed by atoms with van der Waals surface area (Å²) in [6, 6.07) is 3.65. The lowest BCUT2D eigenvalue weighted by Crippen LogP contribution is -2.27. The minimum atomic E-state index is -0.313. The van der Waals surface area contributed by atoms with Crippen molar-refractivity contribution in [3.8, 4) is 0 Å². The summed E-state index contributed by atoms with van der Waals surface area (Å²) < 4.78 is 1.26. The van der Waals surface area contributed by atoms with Gasteiger partial charge in [0.2, 0.25) is 0 Å². The van der Waals surface area contributed by atoms with Crippen LogP contribution in [0.2, 0.25) is 0 Å². The Balaban J connectivity index is 2.68. The van der Waals surface area contributed by atoms with Crippen molar-refractivity contribution in [1.82, 2.24) is 14.6 Å². The molecule has 0 fully saturated rings. The molecule has 6 heteroatoms. The van der Waals surface area contributed by atoms with Crippen LogP contribution in [0.15, 0.2) is 16.9 Å². The van der Waals surface area contributed by atoms with E-state index >= 15 is 0 Å². The fourth-order valence-electron chi connectivity index (χ4n) is 1.86. The molecule has 0 aliphatic rings. The zero-order valence-electron chi connectivity index (χ0n) is 10.8. The number of aromatic nitrogens is 3. The third-order valence-corrected chi connectivity index (χ3v) is 2.98. The second-order valence-corrected chi connectivity index (χ2v) is 4.05. The Kier molecular flexibility index (Phi) is 3.18. The standard InChI is InChI=1S/C12H17N5O/c1-4-16(5-2)10-7-6-9-14-8(3)11(13)12(18)17(9)15-10/h6-7H,4-5,13H2,1-3H3. The lowest BCUT2D eigenvalue weighted by molar-refractivity contribution is 0.788. The largest absolute Gasteiger partial charge is 0.393 e. The number of anilines is 2. The van der Waals surface area contributed by atoms with Crippen LogP contribution in [0.5, 0.6) is 0 Å². The summed E-state index contributed by atoms with van der Waals surface area (Å²) in [5, 5.41) is 4.31. The van der Waals surface area contributed by atoms with E-state index in [1.807, 2.05) is 19.9 Å². The minimum absolute atomic E-state index is 0.150. The molecule has 2 aromatic heterocycles. The molecule has 0 radical (unpaired) electrons. The van der Waals surface area contributed by atoms with Crippen molar-refractivity contribution in [2.45, 2.75) is 20.8 Å². The molecule has 0 saturated carbocycles. The molecule has 0 aliphatic heterocycles. The number of hydrogen-bond acceptors (Lipinski definition) is 5. The van der Waals surface area contributed by atoms with E-state index in [1.165, 1.54) is 4.52 Å². The second kappa shape index (κ2) is 4.64. The zero-order valence-corrected chi connectivity index (χ0v) is 10.8. The van der Waals surface area contributed by atoms with Gasteiger partial charge in [0.15, 0.2) is 5.65 Å². The van der Waals surface area contributed by atoms with Crippen LogP contribution in [-0.2, 0) is 0 Å². The van der Waals surface area contributed by atoms with Crippen molar-refractivity contribution < 1.29 is 0 Å². The summed E-state index contributed by atoms with van der Waals surface area (Å²) in [5.74, 6) is 0.750. The number of hydrogen-bond donors (Lipinski definition) is 1. The molecule has 0 aromatic carbocycles. The van der Waals surface area contributed by atoms with Crippen molar-refractivity contribution in [3.63, 3.8) is 0 Å². The van der Waals surface area contributed by atoms with Gasteiger partial charge in [-0.2, -0.15) is 4.52 Å². The molecule has 0 bridgehead atoms. The van der Waals surface area contributed by atoms with E-state index in [0.717, 1.165) is 18.9 Å². The molecule has 2 rings (SSSR count). The van der Waals surface area contributed by atoms with Gasteiger partial charge >= 0.3 is 0 Å². The highest BCUT2D eigenvalue weighted by molar-refractivity contribution is 5.51. The van der Waals surface area contributed by atoms with Crippen LogP contribution >= 0.6 is 0 Å². The third kappa shape index (κ3) is 1.90. The number of nitrogen functional groups attached to an aromatic ring is 1. The molecule has 0 aliphatic carbocycles. The third-order valence-electron chi connectivity index (χ3n) is 2.98. The van der Waals surface area contributed by atoms with Crippen LogP contribution < -0.4 is 16.2 Å². The highest BCUT2D eigenvalue weighted by Gasteiger charge is 2.10. The van der Waals surface area contributed by atoms with Crippen molar-refractivity contribution in [1.29, 1.82) is 0 Å². The number of rotatable bonds is 3. The summed E-state index contributed by atoms with van der Waals surface area (Å²) in [6.45, 7) is 7.46. The first-order valence-corrected chi connectivity index (χ1v) is 5.99. The van der Waals surface area contributed by atoms with Crippen LogP contribution in [0.25, 0.3) is 5.65 Å². The van der Waals surface area contributed by atoms with Gasteiger partial charge in [-0.1, -0.05) is 0 Å². The quantitative estimate of drug-likeness (QED) is 0.869. The Hall–Kier alpha value is -2.11. The number of aryl methyl sites for hydroxylation is 1. The van der Waals surface area contributed by atoms with E-state index in [9.17, 15) is 4.79 Å². The van der Waals surface area contributed by atoms with Gasteiger partial charge in [0.25, 0.3) is 5.56 Å². The first-order valence-electron chi connectivity index (χ1n) is 5.99. The topological polar surface area (TPSA) is 76.5 Å². The van der Waals surface area contributed by atoms with Gasteiger partial charge < -0.3 is 10.6 Å². The summed E-state index contributed by atoms with van der Waals surface area (Å²) in [4.78, 5) is 18.3. The Morgan fingerprint density at radius 2 is 2.00 bits per heavy atom. The summed E-state index contributed by atoms with van der Waals surface area (Å²) in [6.07, 6.45) is 0. The van der Waals surface area contributed by atoms with E-state index in [0.29, 0.717) is 11.3 Å². The summed E-state index contributed by atoms with van der Waals surface area (Å²) in [5.41, 5.74) is 6.58. The maximum Gasteiger partial charge on any atom is 0.297 e. The maximum absolute atomic E-state index is 12.0. The molecule has 2 aromatic rings. The lowest BCUT2D eigenvalue weighted by atomic mass is 10.3. The van der Waals surface area contributed by atoms with Crippen molar-refractivity contribution in [2.75, 3.05) is 23.7 Å². The molecule has 0 amide bonds. The van der Waals surface area contributed by atoms with Crippen LogP contribution in [0.4, 0.5) is 11.5 Å². The highest BCUT2D eigenvalue weighted by Crippen LogP contribution is 2.11. The van der Waals surface area contributed by atoms with Gasteiger partial charge in [0.1, 0.15) is 11.5 Å². The first-order chi connectivity index (χ1) is 8.58. The van der Waals surface area contributed by atoms with Gasteiger partial charge in [-0.3, -0.25) is 4.79 Å². The molecule has 96 valence electrons. The zero-order chi connectivity index (χ0) is 13.3. The normalized spacial score (nSPS) is 10.8. The predicted octanol–water partition coefficient (Wildman–Crippen LogP) is 0.826. The Morgan fingerprint density at radius 3 is 2.61 bits per heavy atom. The molecule has 0 spiro atoms. The van der Waals surface area contributed by atoms with Gasteiger partial charge in [0, 0.05) is 13.1 Å². The average Bonchev–Trinajstić information content (AvgIpc) is 2.38. The lowest BCUT2D eigenvalue weighted by Gasteiger charge is -2.19. The predicted molar refractivity (Wildman–Crippen MR) is 72.0 cm³/mol. The van der Waals surface area contributed by atoms with E-state index < -0.39 is 0 Å². The maximum atomic E-state index is 12.0. The summed E-state index contributed by atoms with van der Waals surface area (Å²) >= 11 is 0. The number of nitrogens with two attached hydrogens (primary N) is 1. The molecule has 2 heterocycles. The van der Waals surface area contributed by atoms with Crippen molar-refractivity contribution in [3.05, 3.63) is 28.2 Å². The molecule has 0 atom stereocenters. The van der Waals surface area contributed by atoms with Crippen molar-refractivity contribution in [2.24, 2.45) is 0 Å². The molecular formula is C12H17N5O. The van der Waals surface area contributed by atoms with Gasteiger partial charge in [-0.15, -0.1) is 5.10 Å². The Morgan fingerprint density at radius 1 is 1.33 bits per heavy atom. The smallest absolute Gasteiger partial charge is 0.297 e. The average molecular weight is 247 g/mol. The fourth-order valence-corrected chi connectivity index (χ4v) is 1.86. The number of fused-ring (bicyclic) bond motifs is 1. The molecular weight excluding hydrogens is 230 g/mol. The fraction of sp³-hybridized carbons (Fsp3) is 0.417. The second-order valence-electron chi connectivity index (χ2n) is 4.05. The van der Waals surface area contributed by atoms with Crippen LogP contribution in [0.1, 0.15) is 19.5 Å². The van der Waals surface area contributed by atoms with Gasteiger partial charge in [0.05, 0.1) is 5.69 Å². The van der Waals surface area contributed by atoms with Crippen LogP contribution in [0.3, 0.4) is 0 Å². The summed E-state index contributed by atoms with van der Waals surface area (Å²) in [7, 11) is 0. The van der Waals surface area contributed by atoms with Crippen LogP contribution in [-0.4, -0.2) is 27.7 Å². The van der Waals surface area contributed by atoms with E-state index in [1.54, 1.807) is 13.0 Å². The highest BCUT2D eigenvalue weighted by atomic mass is 16.1. The monoisotopic (exact) mass is 247 g/mol. The van der Waals surface area contributed by atoms with E-state index in [-0.39, 0.29) is 11.2 Å². The Bertz CT molecular complexity index is 630. The van der Waals surface area contributed by atoms with Gasteiger partial charge in [-0.25, -0.2) is 4.98 Å². The minimum Gasteiger partial charge on any atom is -0.393 e. The van der Waals surface area contributed by atoms with E-state index in [4.69, 9.17) is 5.73 Å². The molecule has 18 heavy (non-hydrogen) atoms. The van der Waals surface area contributed by atoms with E-state index in [2.05, 4.69) is 15.0 Å². The molecule has 0 saturated heterocycles. The number of nitrogens with zero attached hydrogens (tertiary/aromatic N) is 4.